The molecule has 5 nitrogen and oxygen atoms in total. The first-order valence-corrected chi connectivity index (χ1v) is 8.92. The van der Waals surface area contributed by atoms with E-state index in [1.807, 2.05) is 38.1 Å². The molecule has 2 aromatic carbocycles. The lowest BCUT2D eigenvalue weighted by atomic mass is 10.1. The molecule has 3 aromatic rings. The third kappa shape index (κ3) is 2.88. The first-order chi connectivity index (χ1) is 12.5. The molecule has 2 amide bonds. The third-order valence-electron chi connectivity index (χ3n) is 4.04. The summed E-state index contributed by atoms with van der Waals surface area (Å²) in [6.07, 6.45) is 0. The van der Waals surface area contributed by atoms with Crippen LogP contribution in [0.15, 0.2) is 64.6 Å². The lowest BCUT2D eigenvalue weighted by Gasteiger charge is -2.14. The Labute approximate surface area is 155 Å². The molecule has 2 heterocycles. The van der Waals surface area contributed by atoms with Crippen molar-refractivity contribution in [2.75, 3.05) is 4.90 Å². The van der Waals surface area contributed by atoms with Crippen LogP contribution in [0.5, 0.6) is 0 Å². The first kappa shape index (κ1) is 16.5. The molecular weight excluding hydrogens is 346 g/mol. The van der Waals surface area contributed by atoms with Crippen molar-refractivity contribution in [1.29, 1.82) is 0 Å². The average molecular weight is 361 g/mol. The smallest absolute Gasteiger partial charge is 0.266 e. The van der Waals surface area contributed by atoms with E-state index in [0.29, 0.717) is 22.0 Å². The summed E-state index contributed by atoms with van der Waals surface area (Å²) in [7, 11) is 0. The number of nitrogens with zero attached hydrogens (tertiary/aromatic N) is 3. The normalized spacial score (nSPS) is 13.2. The van der Waals surface area contributed by atoms with Gasteiger partial charge in [-0.05, 0) is 62.0 Å². The number of benzene rings is 2. The molecule has 26 heavy (non-hydrogen) atoms. The maximum atomic E-state index is 12.6. The quantitative estimate of drug-likeness (QED) is 0.520. The van der Waals surface area contributed by atoms with Gasteiger partial charge in [0.05, 0.1) is 16.8 Å². The number of aromatic nitrogens is 2. The Balaban J connectivity index is 1.67. The zero-order chi connectivity index (χ0) is 18.3. The van der Waals surface area contributed by atoms with Gasteiger partial charge in [0.25, 0.3) is 11.8 Å². The number of amides is 2. The molecule has 6 heteroatoms. The summed E-state index contributed by atoms with van der Waals surface area (Å²) in [5.41, 5.74) is 3.22. The van der Waals surface area contributed by atoms with Gasteiger partial charge in [-0.25, -0.2) is 14.9 Å². The highest BCUT2D eigenvalue weighted by atomic mass is 32.2. The van der Waals surface area contributed by atoms with E-state index in [1.165, 1.54) is 16.7 Å². The lowest BCUT2D eigenvalue weighted by Crippen LogP contribution is -2.29. The summed E-state index contributed by atoms with van der Waals surface area (Å²) in [5, 5.41) is 0.641. The van der Waals surface area contributed by atoms with Crippen LogP contribution >= 0.6 is 11.8 Å². The van der Waals surface area contributed by atoms with E-state index in [1.54, 1.807) is 30.3 Å². The molecule has 0 N–H and O–H groups in total. The Morgan fingerprint density at radius 3 is 2.04 bits per heavy atom. The molecule has 0 unspecified atom stereocenters. The van der Waals surface area contributed by atoms with Gasteiger partial charge in [0.1, 0.15) is 0 Å². The Hall–Kier alpha value is -2.99. The van der Waals surface area contributed by atoms with E-state index in [9.17, 15) is 9.59 Å². The van der Waals surface area contributed by atoms with Crippen molar-refractivity contribution in [1.82, 2.24) is 9.97 Å². The number of rotatable bonds is 3. The predicted octanol–water partition coefficient (Wildman–Crippen LogP) is 4.05. The van der Waals surface area contributed by atoms with Crippen molar-refractivity contribution in [3.63, 3.8) is 0 Å². The molecule has 0 bridgehead atoms. The topological polar surface area (TPSA) is 63.2 Å². The zero-order valence-corrected chi connectivity index (χ0v) is 15.1. The van der Waals surface area contributed by atoms with E-state index in [-0.39, 0.29) is 11.8 Å². The molecule has 0 saturated heterocycles. The molecule has 0 aliphatic carbocycles. The standard InChI is InChI=1S/C20H15N3O2S/c1-12-10-13(2)22-20(21-12)26-15-7-5-6-14(11-15)23-18(24)16-8-3-4-9-17(16)19(23)25/h3-11H,1-2H3. The average Bonchev–Trinajstić information content (AvgIpc) is 2.86. The minimum atomic E-state index is -0.296. The number of carbonyl (C=O) groups excluding carboxylic acids is 2. The highest BCUT2D eigenvalue weighted by Gasteiger charge is 2.36. The molecule has 0 atom stereocenters. The Morgan fingerprint density at radius 1 is 0.808 bits per heavy atom. The van der Waals surface area contributed by atoms with Crippen molar-refractivity contribution in [2.45, 2.75) is 23.9 Å². The Morgan fingerprint density at radius 2 is 1.42 bits per heavy atom. The molecule has 128 valence electrons. The van der Waals surface area contributed by atoms with Crippen molar-refractivity contribution in [2.24, 2.45) is 0 Å². The van der Waals surface area contributed by atoms with Crippen molar-refractivity contribution < 1.29 is 9.59 Å². The molecule has 4 rings (SSSR count). The van der Waals surface area contributed by atoms with Gasteiger partial charge in [-0.2, -0.15) is 0 Å². The number of carbonyl (C=O) groups is 2. The van der Waals surface area contributed by atoms with Crippen LogP contribution in [0.4, 0.5) is 5.69 Å². The number of hydrogen-bond donors (Lipinski definition) is 0. The van der Waals surface area contributed by atoms with E-state index < -0.39 is 0 Å². The maximum Gasteiger partial charge on any atom is 0.266 e. The van der Waals surface area contributed by atoms with Crippen LogP contribution in [-0.2, 0) is 0 Å². The van der Waals surface area contributed by atoms with Crippen LogP contribution < -0.4 is 4.90 Å². The van der Waals surface area contributed by atoms with Crippen LogP contribution in [0, 0.1) is 13.8 Å². The lowest BCUT2D eigenvalue weighted by molar-refractivity contribution is 0.0926. The van der Waals surface area contributed by atoms with Crippen LogP contribution in [0.2, 0.25) is 0 Å². The Bertz CT molecular complexity index is 993. The van der Waals surface area contributed by atoms with Gasteiger partial charge in [-0.1, -0.05) is 18.2 Å². The largest absolute Gasteiger partial charge is 0.268 e. The number of imide groups is 1. The van der Waals surface area contributed by atoms with E-state index in [0.717, 1.165) is 16.3 Å². The maximum absolute atomic E-state index is 12.6. The summed E-state index contributed by atoms with van der Waals surface area (Å²) in [6.45, 7) is 3.85. The second kappa shape index (κ2) is 6.38. The van der Waals surface area contributed by atoms with Crippen LogP contribution in [-0.4, -0.2) is 21.8 Å². The van der Waals surface area contributed by atoms with Gasteiger partial charge in [0, 0.05) is 16.3 Å². The number of fused-ring (bicyclic) bond motifs is 1. The molecule has 0 fully saturated rings. The molecule has 1 aliphatic heterocycles. The van der Waals surface area contributed by atoms with Gasteiger partial charge in [0.2, 0.25) is 0 Å². The van der Waals surface area contributed by atoms with Crippen molar-refractivity contribution in [3.8, 4) is 0 Å². The minimum Gasteiger partial charge on any atom is -0.268 e. The van der Waals surface area contributed by atoms with Gasteiger partial charge in [-0.15, -0.1) is 0 Å². The highest BCUT2D eigenvalue weighted by molar-refractivity contribution is 7.99. The number of anilines is 1. The SMILES string of the molecule is Cc1cc(C)nc(Sc2cccc(N3C(=O)c4ccccc4C3=O)c2)n1. The fourth-order valence-electron chi connectivity index (χ4n) is 2.95. The monoisotopic (exact) mass is 361 g/mol. The molecule has 1 aliphatic rings. The van der Waals surface area contributed by atoms with Crippen molar-refractivity contribution >= 4 is 29.3 Å². The van der Waals surface area contributed by atoms with Crippen LogP contribution in [0.1, 0.15) is 32.1 Å². The molecule has 0 radical (unpaired) electrons. The van der Waals surface area contributed by atoms with E-state index in [4.69, 9.17) is 0 Å². The number of aryl methyl sites for hydroxylation is 2. The van der Waals surface area contributed by atoms with E-state index >= 15 is 0 Å². The minimum absolute atomic E-state index is 0.296. The predicted molar refractivity (Wildman–Crippen MR) is 99.7 cm³/mol. The second-order valence-corrected chi connectivity index (χ2v) is 7.06. The van der Waals surface area contributed by atoms with Crippen LogP contribution in [0.25, 0.3) is 0 Å². The third-order valence-corrected chi connectivity index (χ3v) is 4.90. The van der Waals surface area contributed by atoms with Gasteiger partial charge >= 0.3 is 0 Å². The first-order valence-electron chi connectivity index (χ1n) is 8.11. The molecular formula is C20H15N3O2S. The van der Waals surface area contributed by atoms with Gasteiger partial charge in [-0.3, -0.25) is 9.59 Å². The van der Waals surface area contributed by atoms with Crippen molar-refractivity contribution in [3.05, 3.63) is 77.1 Å². The van der Waals surface area contributed by atoms with Gasteiger partial charge < -0.3 is 0 Å². The van der Waals surface area contributed by atoms with E-state index in [2.05, 4.69) is 9.97 Å². The zero-order valence-electron chi connectivity index (χ0n) is 14.3. The summed E-state index contributed by atoms with van der Waals surface area (Å²) < 4.78 is 0. The van der Waals surface area contributed by atoms with Gasteiger partial charge in [0.15, 0.2) is 5.16 Å². The summed E-state index contributed by atoms with van der Waals surface area (Å²) in [5.74, 6) is -0.592. The molecule has 0 spiro atoms. The fourth-order valence-corrected chi connectivity index (χ4v) is 3.87. The van der Waals surface area contributed by atoms with Crippen LogP contribution in [0.3, 0.4) is 0 Å². The number of hydrogen-bond acceptors (Lipinski definition) is 5. The molecule has 0 saturated carbocycles. The Kier molecular flexibility index (Phi) is 4.05. The fraction of sp³-hybridized carbons (Fsp3) is 0.100. The summed E-state index contributed by atoms with van der Waals surface area (Å²) in [6, 6.07) is 16.1. The summed E-state index contributed by atoms with van der Waals surface area (Å²) in [4.78, 5) is 36.2. The highest BCUT2D eigenvalue weighted by Crippen LogP contribution is 2.32. The molecule has 1 aromatic heterocycles. The summed E-state index contributed by atoms with van der Waals surface area (Å²) >= 11 is 1.40. The second-order valence-electron chi connectivity index (χ2n) is 6.02.